The van der Waals surface area contributed by atoms with Crippen molar-refractivity contribution < 1.29 is 19.2 Å². The van der Waals surface area contributed by atoms with Crippen LogP contribution in [0.3, 0.4) is 0 Å². The molecule has 0 N–H and O–H groups in total. The maximum atomic E-state index is 13.9. The van der Waals surface area contributed by atoms with E-state index in [-0.39, 0.29) is 61.8 Å². The lowest BCUT2D eigenvalue weighted by Gasteiger charge is -2.29. The van der Waals surface area contributed by atoms with Gasteiger partial charge in [-0.05, 0) is 30.3 Å². The van der Waals surface area contributed by atoms with Gasteiger partial charge in [0.25, 0.3) is 0 Å². The van der Waals surface area contributed by atoms with E-state index in [0.717, 1.165) is 4.72 Å². The van der Waals surface area contributed by atoms with Crippen molar-refractivity contribution in [1.29, 1.82) is 0 Å². The minimum Gasteiger partial charge on any atom is -0.478 e. The highest BCUT2D eigenvalue weighted by molar-refractivity contribution is 6.44. The van der Waals surface area contributed by atoms with Crippen LogP contribution >= 0.6 is 0 Å². The fourth-order valence-corrected chi connectivity index (χ4v) is 5.37. The van der Waals surface area contributed by atoms with Crippen LogP contribution in [-0.2, 0) is 0 Å². The fourth-order valence-electron chi connectivity index (χ4n) is 5.37. The first-order valence-corrected chi connectivity index (χ1v) is 11.7. The lowest BCUT2D eigenvalue weighted by molar-refractivity contribution is 0.0978. The maximum absolute atomic E-state index is 13.9. The molecule has 0 heterocycles. The van der Waals surface area contributed by atoms with E-state index < -0.39 is 11.6 Å². The van der Waals surface area contributed by atoms with Gasteiger partial charge in [-0.3, -0.25) is 19.2 Å². The van der Waals surface area contributed by atoms with E-state index in [1.54, 1.807) is 73.8 Å². The number of rotatable bonds is 3. The van der Waals surface area contributed by atoms with Crippen molar-refractivity contribution in [1.82, 2.24) is 0 Å². The minimum absolute atomic E-state index is 0.0277. The fraction of sp³-hybridized carbons (Fsp3) is 0.0345. The third kappa shape index (κ3) is 3.18. The van der Waals surface area contributed by atoms with Crippen LogP contribution < -0.4 is 9.53 Å². The quantitative estimate of drug-likeness (QED) is 0.356. The molecule has 6 rings (SSSR count). The average molecular weight is 488 g/mol. The molecule has 0 saturated heterocycles. The molecule has 0 bridgehead atoms. The molecule has 4 aromatic carbocycles. The lowest BCUT2D eigenvalue weighted by Crippen LogP contribution is -2.28. The molecule has 6 nitrogen and oxygen atoms in total. The zero-order valence-corrected chi connectivity index (χ0v) is 20.2. The summed E-state index contributed by atoms with van der Waals surface area (Å²) >= 11 is 0. The number of fused-ring (bicyclic) bond motifs is 4. The normalized spacial score (nSPS) is 13.4. The van der Waals surface area contributed by atoms with Gasteiger partial charge >= 0.3 is 0 Å². The third-order valence-corrected chi connectivity index (χ3v) is 7.06. The Morgan fingerprint density at radius 2 is 0.789 bits per heavy atom. The number of hydrogen-bond donors (Lipinski definition) is 0. The van der Waals surface area contributed by atoms with Crippen LogP contribution in [0.4, 0.5) is 11.4 Å². The molecule has 174 valence electrons. The molecule has 4 aromatic rings. The number of ketones is 4. The van der Waals surface area contributed by atoms with Crippen molar-refractivity contribution in [3.63, 3.8) is 0 Å². The van der Waals surface area contributed by atoms with Crippen LogP contribution in [0.5, 0.6) is 0 Å². The Bertz CT molecular complexity index is 1630. The molecule has 0 spiro atoms. The van der Waals surface area contributed by atoms with Crippen molar-refractivity contribution in [2.75, 3.05) is 16.6 Å². The topological polar surface area (TPSA) is 74.8 Å². The number of carbonyl (C=O) groups is 4. The first-order valence-electron chi connectivity index (χ1n) is 11.7. The van der Waals surface area contributed by atoms with E-state index in [9.17, 15) is 19.2 Å². The van der Waals surface area contributed by atoms with Gasteiger partial charge in [0, 0.05) is 44.8 Å². The summed E-state index contributed by atoms with van der Waals surface area (Å²) in [6.07, 6.45) is 0. The molecular weight excluding hydrogens is 473 g/mol. The molecule has 0 amide bonds. The number of benzene rings is 4. The number of anilines is 2. The lowest BCUT2D eigenvalue weighted by atomic mass is 9.75. The Balaban J connectivity index is 1.71. The maximum Gasteiger partial charge on any atom is 0.226 e. The largest absolute Gasteiger partial charge is 0.478 e. The van der Waals surface area contributed by atoms with E-state index >= 15 is 0 Å². The molecule has 0 atom stereocenters. The zero-order valence-electron chi connectivity index (χ0n) is 20.2. The van der Waals surface area contributed by atoms with Crippen LogP contribution in [0.15, 0.2) is 72.8 Å². The molecule has 0 aromatic heterocycles. The van der Waals surface area contributed by atoms with Crippen LogP contribution in [0, 0.1) is 0 Å². The van der Waals surface area contributed by atoms with Crippen molar-refractivity contribution in [3.05, 3.63) is 117 Å². The van der Waals surface area contributed by atoms with E-state index in [4.69, 9.17) is 23.9 Å². The second kappa shape index (κ2) is 8.45. The van der Waals surface area contributed by atoms with Gasteiger partial charge in [-0.1, -0.05) is 60.7 Å². The van der Waals surface area contributed by atoms with E-state index in [1.165, 1.54) is 10.9 Å². The van der Waals surface area contributed by atoms with Crippen molar-refractivity contribution >= 4 is 58.5 Å². The minimum atomic E-state index is -0.423. The van der Waals surface area contributed by atoms with E-state index in [0.29, 0.717) is 16.8 Å². The Hall–Kier alpha value is -4.65. The van der Waals surface area contributed by atoms with Crippen molar-refractivity contribution in [3.8, 4) is 11.1 Å². The first-order chi connectivity index (χ1) is 18.2. The number of carbonyl (C=O) groups excluding carboxylic acids is 4. The molecule has 0 unspecified atom stereocenters. The summed E-state index contributed by atoms with van der Waals surface area (Å²) in [5.74, 6) is -1.59. The predicted molar refractivity (Wildman–Crippen MR) is 147 cm³/mol. The van der Waals surface area contributed by atoms with Gasteiger partial charge in [0.05, 0.1) is 11.1 Å². The van der Waals surface area contributed by atoms with Crippen LogP contribution in [0.2, 0.25) is 0 Å². The number of nitrogens with zero attached hydrogens (tertiary/aromatic N) is 2. The standard InChI is InChI=1S/C29H15B3N2O4/c1-33(30)20-12-10-14(22-24(20)28(37)18-8-4-2-6-16(18)26(22)35)15-11-13-21(34(31)32)25-23(15)27(36)17-7-3-5-9-19(17)29(25)38/h2-13H,1H3. The highest BCUT2D eigenvalue weighted by Gasteiger charge is 2.38. The summed E-state index contributed by atoms with van der Waals surface area (Å²) in [4.78, 5) is 56.4. The Kier molecular flexibility index (Phi) is 5.28. The first kappa shape index (κ1) is 23.7. The van der Waals surface area contributed by atoms with Gasteiger partial charge in [0.1, 0.15) is 0 Å². The number of hydrogen-bond acceptors (Lipinski definition) is 6. The van der Waals surface area contributed by atoms with Gasteiger partial charge in [-0.15, -0.1) is 0 Å². The Morgan fingerprint density at radius 1 is 0.447 bits per heavy atom. The van der Waals surface area contributed by atoms with Gasteiger partial charge in [-0.25, -0.2) is 0 Å². The summed E-state index contributed by atoms with van der Waals surface area (Å²) in [5.41, 5.74) is 2.42. The molecule has 0 saturated carbocycles. The van der Waals surface area contributed by atoms with Gasteiger partial charge in [-0.2, -0.15) is 0 Å². The third-order valence-electron chi connectivity index (χ3n) is 7.06. The van der Waals surface area contributed by atoms with Gasteiger partial charge in [0.2, 0.25) is 23.9 Å². The molecule has 6 radical (unpaired) electrons. The smallest absolute Gasteiger partial charge is 0.226 e. The van der Waals surface area contributed by atoms with E-state index in [2.05, 4.69) is 0 Å². The molecule has 2 aliphatic rings. The average Bonchev–Trinajstić information content (AvgIpc) is 2.93. The summed E-state index contributed by atoms with van der Waals surface area (Å²) in [6, 6.07) is 19.4. The molecular formula is C29H15B3N2O4. The second-order valence-electron chi connectivity index (χ2n) is 9.19. The SMILES string of the molecule is [B]N([B])c1ccc(-c2ccc(N([B])C)c3c2C(=O)c2ccccc2C3=O)c2c1C(=O)c1ccccc1C2=O. The molecule has 0 fully saturated rings. The van der Waals surface area contributed by atoms with Crippen molar-refractivity contribution in [2.24, 2.45) is 0 Å². The monoisotopic (exact) mass is 488 g/mol. The molecule has 9 heteroatoms. The molecule has 2 aliphatic carbocycles. The Labute approximate surface area is 222 Å². The van der Waals surface area contributed by atoms with Crippen molar-refractivity contribution in [2.45, 2.75) is 0 Å². The summed E-state index contributed by atoms with van der Waals surface area (Å²) < 4.78 is 0.786. The highest BCUT2D eigenvalue weighted by atomic mass is 16.1. The highest BCUT2D eigenvalue weighted by Crippen LogP contribution is 2.44. The summed E-state index contributed by atoms with van der Waals surface area (Å²) in [6.45, 7) is 0. The predicted octanol–water partition coefficient (Wildman–Crippen LogP) is 3.40. The van der Waals surface area contributed by atoms with Crippen LogP contribution in [-0.4, -0.2) is 54.1 Å². The van der Waals surface area contributed by atoms with Crippen LogP contribution in [0.25, 0.3) is 11.1 Å². The zero-order chi connectivity index (χ0) is 26.9. The Morgan fingerprint density at radius 3 is 1.16 bits per heavy atom. The molecule has 0 aliphatic heterocycles. The molecule has 38 heavy (non-hydrogen) atoms. The van der Waals surface area contributed by atoms with Crippen LogP contribution in [0.1, 0.15) is 63.7 Å². The van der Waals surface area contributed by atoms with Gasteiger partial charge < -0.3 is 9.53 Å². The van der Waals surface area contributed by atoms with E-state index in [1.807, 2.05) is 0 Å². The second-order valence-corrected chi connectivity index (χ2v) is 9.19. The van der Waals surface area contributed by atoms with Gasteiger partial charge in [0.15, 0.2) is 23.1 Å². The summed E-state index contributed by atoms with van der Waals surface area (Å²) in [7, 11) is 19.3. The summed E-state index contributed by atoms with van der Waals surface area (Å²) in [5, 5.41) is 0.